The zero-order valence-corrected chi connectivity index (χ0v) is 18.2. The van der Waals surface area contributed by atoms with E-state index in [4.69, 9.17) is 9.47 Å². The number of hydrogen-bond donors (Lipinski definition) is 0. The number of carbonyl (C=O) groups is 1. The summed E-state index contributed by atoms with van der Waals surface area (Å²) in [7, 11) is 0. The highest BCUT2D eigenvalue weighted by molar-refractivity contribution is 5.74. The first kappa shape index (κ1) is 23.0. The molecule has 1 aromatic carbocycles. The molecule has 1 aliphatic heterocycles. The molecule has 5 nitrogen and oxygen atoms in total. The third-order valence-electron chi connectivity index (χ3n) is 5.03. The van der Waals surface area contributed by atoms with Crippen molar-refractivity contribution in [3.8, 4) is 5.75 Å². The topological polar surface area (TPSA) is 51.1 Å². The molecule has 2 atom stereocenters. The third kappa shape index (κ3) is 8.30. The Bertz CT molecular complexity index is 641. The maximum atomic E-state index is 11.7. The van der Waals surface area contributed by atoms with Crippen LogP contribution in [0, 0.1) is 5.92 Å². The van der Waals surface area contributed by atoms with Gasteiger partial charge in [-0.3, -0.25) is 0 Å². The molecule has 0 N–H and O–H groups in total. The molecule has 1 aliphatic rings. The van der Waals surface area contributed by atoms with E-state index in [1.54, 1.807) is 13.8 Å². The van der Waals surface area contributed by atoms with E-state index in [1.807, 2.05) is 41.7 Å². The molecule has 5 heteroatoms. The number of anilines is 1. The molecule has 0 amide bonds. The monoisotopic (exact) mass is 400 g/mol. The zero-order valence-electron chi connectivity index (χ0n) is 18.2. The maximum absolute atomic E-state index is 11.7. The van der Waals surface area contributed by atoms with E-state index >= 15 is 0 Å². The number of esters is 1. The van der Waals surface area contributed by atoms with Crippen molar-refractivity contribution < 1.29 is 14.3 Å². The van der Waals surface area contributed by atoms with Gasteiger partial charge in [0, 0.05) is 18.3 Å². The summed E-state index contributed by atoms with van der Waals surface area (Å²) in [4.78, 5) is 11.7. The average molecular weight is 401 g/mol. The van der Waals surface area contributed by atoms with Crippen molar-refractivity contribution in [1.29, 1.82) is 0 Å². The molecule has 1 heterocycles. The summed E-state index contributed by atoms with van der Waals surface area (Å²) in [5.74, 6) is 0.707. The summed E-state index contributed by atoms with van der Waals surface area (Å²) in [5, 5.41) is 6.43. The Hall–Kier alpha value is -2.30. The van der Waals surface area contributed by atoms with Crippen molar-refractivity contribution in [2.75, 3.05) is 11.6 Å². The molecule has 29 heavy (non-hydrogen) atoms. The molecule has 1 aromatic rings. The Morgan fingerprint density at radius 1 is 1.07 bits per heavy atom. The Labute approximate surface area is 175 Å². The first-order valence-electron chi connectivity index (χ1n) is 11.1. The fourth-order valence-electron chi connectivity index (χ4n) is 3.29. The van der Waals surface area contributed by atoms with Crippen LogP contribution in [-0.2, 0) is 9.53 Å². The van der Waals surface area contributed by atoms with E-state index in [0.717, 1.165) is 5.69 Å². The Kier molecular flexibility index (Phi) is 10.3. The van der Waals surface area contributed by atoms with Crippen LogP contribution in [0.5, 0.6) is 5.75 Å². The number of benzene rings is 1. The van der Waals surface area contributed by atoms with Gasteiger partial charge in [-0.1, -0.05) is 57.9 Å². The molecule has 0 fully saturated rings. The van der Waals surface area contributed by atoms with Gasteiger partial charge in [-0.2, -0.15) is 5.10 Å². The van der Waals surface area contributed by atoms with Crippen LogP contribution in [0.15, 0.2) is 41.6 Å². The van der Waals surface area contributed by atoms with Gasteiger partial charge in [-0.25, -0.2) is 9.80 Å². The second-order valence-corrected chi connectivity index (χ2v) is 7.53. The number of unbranched alkanes of at least 4 members (excludes halogenated alkanes) is 6. The predicted octanol–water partition coefficient (Wildman–Crippen LogP) is 6.09. The maximum Gasteiger partial charge on any atom is 0.347 e. The van der Waals surface area contributed by atoms with Crippen molar-refractivity contribution in [3.05, 3.63) is 36.5 Å². The fourth-order valence-corrected chi connectivity index (χ4v) is 3.29. The summed E-state index contributed by atoms with van der Waals surface area (Å²) in [5.41, 5.74) is 0.961. The molecule has 2 rings (SSSR count). The number of nitrogens with zero attached hydrogens (tertiary/aromatic N) is 2. The lowest BCUT2D eigenvalue weighted by Crippen LogP contribution is -2.26. The number of rotatable bonds is 13. The number of hydrazone groups is 1. The van der Waals surface area contributed by atoms with Crippen molar-refractivity contribution >= 4 is 17.9 Å². The van der Waals surface area contributed by atoms with Gasteiger partial charge in [0.25, 0.3) is 0 Å². The Balaban J connectivity index is 1.72. The smallest absolute Gasteiger partial charge is 0.347 e. The van der Waals surface area contributed by atoms with Crippen molar-refractivity contribution in [1.82, 2.24) is 0 Å². The van der Waals surface area contributed by atoms with Crippen molar-refractivity contribution in [2.45, 2.75) is 78.2 Å². The predicted molar refractivity (Wildman–Crippen MR) is 119 cm³/mol. The molecule has 0 saturated carbocycles. The minimum Gasteiger partial charge on any atom is -0.479 e. The van der Waals surface area contributed by atoms with Crippen LogP contribution < -0.4 is 9.75 Å². The summed E-state index contributed by atoms with van der Waals surface area (Å²) in [6.45, 7) is 6.08. The first-order chi connectivity index (χ1) is 14.1. The Morgan fingerprint density at radius 2 is 1.76 bits per heavy atom. The van der Waals surface area contributed by atoms with Gasteiger partial charge < -0.3 is 9.47 Å². The standard InChI is InChI=1S/C24H36N2O3/c1-4-6-7-8-9-10-11-12-21-17-18-26(25-19-21)22-13-15-23(16-14-22)29-20(3)24(27)28-5-2/h13-21H,4-12H2,1-3H3. The average Bonchev–Trinajstić information content (AvgIpc) is 2.74. The molecule has 0 spiro atoms. The van der Waals surface area contributed by atoms with Crippen LogP contribution in [0.25, 0.3) is 0 Å². The third-order valence-corrected chi connectivity index (χ3v) is 5.03. The van der Waals surface area contributed by atoms with Gasteiger partial charge in [0.05, 0.1) is 12.3 Å². The lowest BCUT2D eigenvalue weighted by Gasteiger charge is -2.21. The summed E-state index contributed by atoms with van der Waals surface area (Å²) >= 11 is 0. The van der Waals surface area contributed by atoms with Crippen LogP contribution >= 0.6 is 0 Å². The van der Waals surface area contributed by atoms with Crippen LogP contribution in [0.3, 0.4) is 0 Å². The Morgan fingerprint density at radius 3 is 2.38 bits per heavy atom. The van der Waals surface area contributed by atoms with Gasteiger partial charge in [0.2, 0.25) is 0 Å². The van der Waals surface area contributed by atoms with E-state index in [9.17, 15) is 4.79 Å². The fraction of sp³-hybridized carbons (Fsp3) is 0.583. The SMILES string of the molecule is CCCCCCCCCC1C=CN(c2ccc(OC(C)C(=O)OCC)cc2)N=C1. The van der Waals surface area contributed by atoms with Gasteiger partial charge in [-0.15, -0.1) is 0 Å². The molecule has 0 saturated heterocycles. The van der Waals surface area contributed by atoms with E-state index in [0.29, 0.717) is 18.3 Å². The number of hydrogen-bond acceptors (Lipinski definition) is 5. The molecular formula is C24H36N2O3. The second-order valence-electron chi connectivity index (χ2n) is 7.53. The van der Waals surface area contributed by atoms with E-state index in [2.05, 4.69) is 18.1 Å². The zero-order chi connectivity index (χ0) is 20.9. The summed E-state index contributed by atoms with van der Waals surface area (Å²) in [6, 6.07) is 7.56. The lowest BCUT2D eigenvalue weighted by atomic mass is 10.0. The highest BCUT2D eigenvalue weighted by Gasteiger charge is 2.16. The van der Waals surface area contributed by atoms with Crippen molar-refractivity contribution in [2.24, 2.45) is 11.0 Å². The van der Waals surface area contributed by atoms with Crippen LogP contribution in [0.1, 0.15) is 72.1 Å². The van der Waals surface area contributed by atoms with Crippen molar-refractivity contribution in [3.63, 3.8) is 0 Å². The van der Waals surface area contributed by atoms with Crippen LogP contribution in [-0.4, -0.2) is 24.9 Å². The highest BCUT2D eigenvalue weighted by atomic mass is 16.6. The lowest BCUT2D eigenvalue weighted by molar-refractivity contribution is -0.150. The number of carbonyl (C=O) groups excluding carboxylic acids is 1. The van der Waals surface area contributed by atoms with Gasteiger partial charge >= 0.3 is 5.97 Å². The number of allylic oxidation sites excluding steroid dienone is 1. The number of ether oxygens (including phenoxy) is 2. The summed E-state index contributed by atoms with van der Waals surface area (Å²) < 4.78 is 10.6. The van der Waals surface area contributed by atoms with Crippen LogP contribution in [0.2, 0.25) is 0 Å². The quantitative estimate of drug-likeness (QED) is 0.297. The molecule has 0 radical (unpaired) electrons. The molecule has 0 bridgehead atoms. The summed E-state index contributed by atoms with van der Waals surface area (Å²) in [6.07, 6.45) is 16.2. The van der Waals surface area contributed by atoms with E-state index < -0.39 is 6.10 Å². The van der Waals surface area contributed by atoms with Gasteiger partial charge in [0.15, 0.2) is 6.10 Å². The molecular weight excluding hydrogens is 364 g/mol. The molecule has 0 aliphatic carbocycles. The highest BCUT2D eigenvalue weighted by Crippen LogP contribution is 2.24. The minimum absolute atomic E-state index is 0.352. The molecule has 2 unspecified atom stereocenters. The minimum atomic E-state index is -0.624. The van der Waals surface area contributed by atoms with Crippen LogP contribution in [0.4, 0.5) is 5.69 Å². The normalized spacial score (nSPS) is 16.7. The van der Waals surface area contributed by atoms with E-state index in [-0.39, 0.29) is 5.97 Å². The van der Waals surface area contributed by atoms with Gasteiger partial charge in [-0.05, 0) is 44.5 Å². The molecule has 160 valence electrons. The van der Waals surface area contributed by atoms with Gasteiger partial charge in [0.1, 0.15) is 5.75 Å². The largest absolute Gasteiger partial charge is 0.479 e. The first-order valence-corrected chi connectivity index (χ1v) is 11.1. The second kappa shape index (κ2) is 13.0. The van der Waals surface area contributed by atoms with E-state index in [1.165, 1.54) is 51.4 Å². The molecule has 0 aromatic heterocycles.